The minimum Gasteiger partial charge on any atom is -0.444 e. The molecule has 236 valence electrons. The molecule has 45 heavy (non-hydrogen) atoms. The van der Waals surface area contributed by atoms with Gasteiger partial charge in [-0.05, 0) is 107 Å². The highest BCUT2D eigenvalue weighted by molar-refractivity contribution is 5.92. The SMILES string of the molecule is Cc1ccnc(C(C)C)c1-n1c(=O)nc(N2CCN(C(=O)OC(C)(C)C)CC2C)c2cc(C3CC3)c(-c3ccc(F)cc3)nc21. The second-order valence-corrected chi connectivity index (χ2v) is 13.6. The fraction of sp³-hybridized carbons (Fsp3) is 0.457. The minimum absolute atomic E-state index is 0.0461. The van der Waals surface area contributed by atoms with Gasteiger partial charge in [-0.1, -0.05) is 13.8 Å². The zero-order chi connectivity index (χ0) is 32.2. The van der Waals surface area contributed by atoms with Crippen LogP contribution in [-0.4, -0.2) is 61.8 Å². The van der Waals surface area contributed by atoms with Crippen LogP contribution in [0.5, 0.6) is 0 Å². The maximum absolute atomic E-state index is 14.2. The van der Waals surface area contributed by atoms with Gasteiger partial charge in [0.2, 0.25) is 0 Å². The first-order valence-electron chi connectivity index (χ1n) is 15.8. The summed E-state index contributed by atoms with van der Waals surface area (Å²) in [5.41, 5.74) is 4.39. The molecule has 1 aliphatic heterocycles. The van der Waals surface area contributed by atoms with Crippen molar-refractivity contribution in [2.24, 2.45) is 0 Å². The van der Waals surface area contributed by atoms with Gasteiger partial charge < -0.3 is 14.5 Å². The third kappa shape index (κ3) is 6.02. The number of rotatable bonds is 5. The van der Waals surface area contributed by atoms with Crippen LogP contribution in [0.3, 0.4) is 0 Å². The van der Waals surface area contributed by atoms with E-state index in [1.165, 1.54) is 12.1 Å². The van der Waals surface area contributed by atoms with Crippen LogP contribution < -0.4 is 10.6 Å². The van der Waals surface area contributed by atoms with Crippen LogP contribution in [0, 0.1) is 12.7 Å². The van der Waals surface area contributed by atoms with Crippen molar-refractivity contribution in [2.75, 3.05) is 24.5 Å². The monoisotopic (exact) mass is 612 g/mol. The van der Waals surface area contributed by atoms with Crippen LogP contribution in [0.4, 0.5) is 15.0 Å². The zero-order valence-corrected chi connectivity index (χ0v) is 27.1. The Morgan fingerprint density at radius 3 is 2.40 bits per heavy atom. The molecule has 0 spiro atoms. The normalized spacial score (nSPS) is 17.3. The Hall–Kier alpha value is -4.34. The van der Waals surface area contributed by atoms with Crippen molar-refractivity contribution in [1.29, 1.82) is 0 Å². The van der Waals surface area contributed by atoms with Crippen LogP contribution in [0.15, 0.2) is 47.4 Å². The number of pyridine rings is 2. The van der Waals surface area contributed by atoms with Gasteiger partial charge in [-0.3, -0.25) is 4.98 Å². The fourth-order valence-electron chi connectivity index (χ4n) is 6.16. The van der Waals surface area contributed by atoms with E-state index in [0.29, 0.717) is 42.7 Å². The average molecular weight is 613 g/mol. The molecule has 2 aliphatic rings. The molecule has 1 saturated heterocycles. The molecule has 1 amide bonds. The molecule has 10 heteroatoms. The number of halogens is 1. The second kappa shape index (κ2) is 11.5. The molecule has 2 fully saturated rings. The van der Waals surface area contributed by atoms with Gasteiger partial charge in [-0.25, -0.2) is 23.5 Å². The van der Waals surface area contributed by atoms with Crippen molar-refractivity contribution >= 4 is 22.9 Å². The highest BCUT2D eigenvalue weighted by atomic mass is 19.1. The van der Waals surface area contributed by atoms with E-state index in [4.69, 9.17) is 14.7 Å². The van der Waals surface area contributed by atoms with Gasteiger partial charge in [-0.2, -0.15) is 4.98 Å². The van der Waals surface area contributed by atoms with Crippen molar-refractivity contribution < 1.29 is 13.9 Å². The number of carbonyl (C=O) groups excluding carboxylic acids is 1. The van der Waals surface area contributed by atoms with Crippen LogP contribution in [0.25, 0.3) is 28.0 Å². The number of fused-ring (bicyclic) bond motifs is 1. The van der Waals surface area contributed by atoms with Gasteiger partial charge in [-0.15, -0.1) is 0 Å². The molecule has 0 bridgehead atoms. The summed E-state index contributed by atoms with van der Waals surface area (Å²) in [5.74, 6) is 0.603. The molecular formula is C35H41FN6O3. The molecular weight excluding hydrogens is 571 g/mol. The predicted octanol–water partition coefficient (Wildman–Crippen LogP) is 6.74. The van der Waals surface area contributed by atoms with Crippen molar-refractivity contribution in [3.63, 3.8) is 0 Å². The molecule has 1 aliphatic carbocycles. The standard InChI is InChI=1S/C35H41FN6O3/c1-20(2)28-30(21(3)14-15-37-28)42-32-27(18-26(23-8-9-23)29(38-32)24-10-12-25(36)13-11-24)31(39-33(42)43)41-17-16-40(19-22(41)4)34(44)45-35(5,6)7/h10-15,18,20,22-23H,8-9,16-17,19H2,1-7H3. The first-order valence-corrected chi connectivity index (χ1v) is 15.8. The summed E-state index contributed by atoms with van der Waals surface area (Å²) < 4.78 is 21.2. The third-order valence-electron chi connectivity index (χ3n) is 8.49. The van der Waals surface area contributed by atoms with E-state index in [2.05, 4.69) is 29.8 Å². The van der Waals surface area contributed by atoms with E-state index in [0.717, 1.165) is 46.3 Å². The van der Waals surface area contributed by atoms with E-state index in [9.17, 15) is 14.0 Å². The lowest BCUT2D eigenvalue weighted by molar-refractivity contribution is 0.0218. The summed E-state index contributed by atoms with van der Waals surface area (Å²) in [6.07, 6.45) is 3.48. The molecule has 9 nitrogen and oxygen atoms in total. The highest BCUT2D eigenvalue weighted by Crippen LogP contribution is 2.46. The Balaban J connectivity index is 1.56. The molecule has 6 rings (SSSR count). The van der Waals surface area contributed by atoms with Gasteiger partial charge in [0, 0.05) is 37.4 Å². The molecule has 1 aromatic carbocycles. The number of aryl methyl sites for hydroxylation is 1. The molecule has 4 heterocycles. The molecule has 0 N–H and O–H groups in total. The molecule has 1 atom stereocenters. The number of piperazine rings is 1. The van der Waals surface area contributed by atoms with Crippen LogP contribution in [0.2, 0.25) is 0 Å². The lowest BCUT2D eigenvalue weighted by Crippen LogP contribution is -2.55. The van der Waals surface area contributed by atoms with Crippen molar-refractivity contribution in [3.8, 4) is 16.9 Å². The molecule has 3 aromatic heterocycles. The number of carbonyl (C=O) groups is 1. The number of hydrogen-bond donors (Lipinski definition) is 0. The lowest BCUT2D eigenvalue weighted by Gasteiger charge is -2.41. The Morgan fingerprint density at radius 2 is 1.78 bits per heavy atom. The van der Waals surface area contributed by atoms with Gasteiger partial charge >= 0.3 is 11.8 Å². The summed E-state index contributed by atoms with van der Waals surface area (Å²) in [6, 6.07) is 10.3. The number of nitrogens with zero attached hydrogens (tertiary/aromatic N) is 6. The summed E-state index contributed by atoms with van der Waals surface area (Å²) in [7, 11) is 0. The van der Waals surface area contributed by atoms with E-state index >= 15 is 0 Å². The lowest BCUT2D eigenvalue weighted by atomic mass is 10.00. The zero-order valence-electron chi connectivity index (χ0n) is 27.1. The largest absolute Gasteiger partial charge is 0.444 e. The molecule has 1 saturated carbocycles. The van der Waals surface area contributed by atoms with Crippen LogP contribution >= 0.6 is 0 Å². The summed E-state index contributed by atoms with van der Waals surface area (Å²) >= 11 is 0. The summed E-state index contributed by atoms with van der Waals surface area (Å²) in [6.45, 7) is 15.0. The highest BCUT2D eigenvalue weighted by Gasteiger charge is 2.34. The first kappa shape index (κ1) is 30.7. The van der Waals surface area contributed by atoms with Crippen LogP contribution in [-0.2, 0) is 4.74 Å². The fourth-order valence-corrected chi connectivity index (χ4v) is 6.16. The number of ether oxygens (including phenoxy) is 1. The van der Waals surface area contributed by atoms with E-state index in [1.54, 1.807) is 27.8 Å². The Morgan fingerprint density at radius 1 is 1.07 bits per heavy atom. The van der Waals surface area contributed by atoms with E-state index in [1.807, 2.05) is 40.7 Å². The number of hydrogen-bond acceptors (Lipinski definition) is 7. The molecule has 0 radical (unpaired) electrons. The topological polar surface area (TPSA) is 93.5 Å². The Kier molecular flexibility index (Phi) is 7.87. The Labute approximate surface area is 263 Å². The van der Waals surface area contributed by atoms with Crippen LogP contribution in [0.1, 0.15) is 83.0 Å². The van der Waals surface area contributed by atoms with Crippen molar-refractivity contribution in [2.45, 2.75) is 84.8 Å². The molecule has 1 unspecified atom stereocenters. The predicted molar refractivity (Wildman–Crippen MR) is 174 cm³/mol. The Bertz CT molecular complexity index is 1820. The average Bonchev–Trinajstić information content (AvgIpc) is 3.82. The quantitative estimate of drug-likeness (QED) is 0.247. The van der Waals surface area contributed by atoms with E-state index in [-0.39, 0.29) is 23.9 Å². The minimum atomic E-state index is -0.591. The number of anilines is 1. The second-order valence-electron chi connectivity index (χ2n) is 13.6. The smallest absolute Gasteiger partial charge is 0.410 e. The number of benzene rings is 1. The van der Waals surface area contributed by atoms with Gasteiger partial charge in [0.15, 0.2) is 5.65 Å². The van der Waals surface area contributed by atoms with Gasteiger partial charge in [0.25, 0.3) is 0 Å². The van der Waals surface area contributed by atoms with E-state index < -0.39 is 11.3 Å². The molecule has 4 aromatic rings. The van der Waals surface area contributed by atoms with Gasteiger partial charge in [0.05, 0.1) is 22.5 Å². The summed E-state index contributed by atoms with van der Waals surface area (Å²) in [5, 5.41) is 0.762. The maximum atomic E-state index is 14.2. The first-order chi connectivity index (χ1) is 21.3. The van der Waals surface area contributed by atoms with Crippen molar-refractivity contribution in [3.05, 3.63) is 75.7 Å². The third-order valence-corrected chi connectivity index (χ3v) is 8.49. The van der Waals surface area contributed by atoms with Crippen molar-refractivity contribution in [1.82, 2.24) is 24.4 Å². The van der Waals surface area contributed by atoms with Gasteiger partial charge in [0.1, 0.15) is 17.2 Å². The number of aromatic nitrogens is 4. The summed E-state index contributed by atoms with van der Waals surface area (Å²) in [4.78, 5) is 45.6. The number of amides is 1. The maximum Gasteiger partial charge on any atom is 0.410 e.